The van der Waals surface area contributed by atoms with Crippen LogP contribution in [-0.4, -0.2) is 4.87 Å². The fourth-order valence-electron chi connectivity index (χ4n) is 0.834. The Hall–Kier alpha value is 0.290. The summed E-state index contributed by atoms with van der Waals surface area (Å²) in [7, 11) is 0. The van der Waals surface area contributed by atoms with E-state index in [2.05, 4.69) is 6.92 Å². The fourth-order valence-corrected chi connectivity index (χ4v) is 1.12. The molecule has 0 nitrogen and oxygen atoms in total. The summed E-state index contributed by atoms with van der Waals surface area (Å²) in [6, 6.07) is 0. The lowest BCUT2D eigenvalue weighted by atomic mass is 10.2. The standard InChI is InChI=1S/C6H11Cl/c1-2-3-6(7)4-5-6/h2-5H2,1H3. The average molecular weight is 119 g/mol. The SMILES string of the molecule is CCCC1(Cl)CC1. The van der Waals surface area contributed by atoms with Gasteiger partial charge in [0.05, 0.1) is 0 Å². The lowest BCUT2D eigenvalue weighted by Crippen LogP contribution is -1.93. The maximum atomic E-state index is 5.94. The van der Waals surface area contributed by atoms with Gasteiger partial charge in [-0.2, -0.15) is 0 Å². The molecular weight excluding hydrogens is 108 g/mol. The third-order valence-corrected chi connectivity index (χ3v) is 2.06. The monoisotopic (exact) mass is 118 g/mol. The average Bonchev–Trinajstić information content (AvgIpc) is 2.22. The van der Waals surface area contributed by atoms with Gasteiger partial charge in [-0.1, -0.05) is 13.3 Å². The van der Waals surface area contributed by atoms with Crippen molar-refractivity contribution in [2.24, 2.45) is 0 Å². The van der Waals surface area contributed by atoms with Gasteiger partial charge in [-0.25, -0.2) is 0 Å². The summed E-state index contributed by atoms with van der Waals surface area (Å²) in [6.45, 7) is 2.18. The predicted molar refractivity (Wildman–Crippen MR) is 32.7 cm³/mol. The highest BCUT2D eigenvalue weighted by molar-refractivity contribution is 6.25. The number of halogens is 1. The second-order valence-corrected chi connectivity index (χ2v) is 3.20. The van der Waals surface area contributed by atoms with Crippen LogP contribution in [0.25, 0.3) is 0 Å². The van der Waals surface area contributed by atoms with Gasteiger partial charge in [0.25, 0.3) is 0 Å². The van der Waals surface area contributed by atoms with Crippen molar-refractivity contribution in [1.82, 2.24) is 0 Å². The minimum atomic E-state index is 0.273. The Morgan fingerprint density at radius 3 is 2.29 bits per heavy atom. The highest BCUT2D eigenvalue weighted by atomic mass is 35.5. The van der Waals surface area contributed by atoms with E-state index in [1.54, 1.807) is 0 Å². The van der Waals surface area contributed by atoms with E-state index in [9.17, 15) is 0 Å². The zero-order chi connectivity index (χ0) is 5.33. The topological polar surface area (TPSA) is 0 Å². The van der Waals surface area contributed by atoms with E-state index < -0.39 is 0 Å². The molecule has 0 aromatic heterocycles. The van der Waals surface area contributed by atoms with E-state index in [0.717, 1.165) is 0 Å². The first-order valence-corrected chi connectivity index (χ1v) is 3.33. The van der Waals surface area contributed by atoms with Crippen LogP contribution in [0.4, 0.5) is 0 Å². The van der Waals surface area contributed by atoms with Gasteiger partial charge in [0.2, 0.25) is 0 Å². The Kier molecular flexibility index (Phi) is 1.29. The Morgan fingerprint density at radius 1 is 1.57 bits per heavy atom. The van der Waals surface area contributed by atoms with Crippen LogP contribution in [0.1, 0.15) is 32.6 Å². The Labute approximate surface area is 49.9 Å². The molecule has 0 aromatic carbocycles. The van der Waals surface area contributed by atoms with Crippen molar-refractivity contribution in [3.63, 3.8) is 0 Å². The minimum Gasteiger partial charge on any atom is -0.119 e. The Balaban J connectivity index is 2.13. The van der Waals surface area contributed by atoms with Gasteiger partial charge in [0.15, 0.2) is 0 Å². The first kappa shape index (κ1) is 5.43. The van der Waals surface area contributed by atoms with Crippen molar-refractivity contribution in [2.45, 2.75) is 37.5 Å². The van der Waals surface area contributed by atoms with Gasteiger partial charge in [-0.3, -0.25) is 0 Å². The summed E-state index contributed by atoms with van der Waals surface area (Å²) < 4.78 is 0. The third kappa shape index (κ3) is 1.34. The van der Waals surface area contributed by atoms with E-state index >= 15 is 0 Å². The van der Waals surface area contributed by atoms with Crippen molar-refractivity contribution >= 4 is 11.6 Å². The van der Waals surface area contributed by atoms with Crippen LogP contribution in [0, 0.1) is 0 Å². The van der Waals surface area contributed by atoms with Crippen molar-refractivity contribution in [3.8, 4) is 0 Å². The molecule has 0 unspecified atom stereocenters. The minimum absolute atomic E-state index is 0.273. The van der Waals surface area contributed by atoms with Crippen LogP contribution in [0.3, 0.4) is 0 Å². The van der Waals surface area contributed by atoms with E-state index in [0.29, 0.717) is 0 Å². The van der Waals surface area contributed by atoms with Crippen molar-refractivity contribution in [2.75, 3.05) is 0 Å². The largest absolute Gasteiger partial charge is 0.119 e. The summed E-state index contributed by atoms with van der Waals surface area (Å²) in [6.07, 6.45) is 4.96. The van der Waals surface area contributed by atoms with Crippen molar-refractivity contribution in [1.29, 1.82) is 0 Å². The molecule has 0 bridgehead atoms. The van der Waals surface area contributed by atoms with Gasteiger partial charge in [0, 0.05) is 4.87 Å². The smallest absolute Gasteiger partial charge is 0.0448 e. The second kappa shape index (κ2) is 1.66. The lowest BCUT2D eigenvalue weighted by molar-refractivity contribution is 0.739. The molecule has 0 aromatic rings. The third-order valence-electron chi connectivity index (χ3n) is 1.49. The van der Waals surface area contributed by atoms with E-state index in [4.69, 9.17) is 11.6 Å². The van der Waals surface area contributed by atoms with Gasteiger partial charge in [-0.15, -0.1) is 11.6 Å². The summed E-state index contributed by atoms with van der Waals surface area (Å²) in [5.41, 5.74) is 0. The molecule has 42 valence electrons. The highest BCUT2D eigenvalue weighted by Gasteiger charge is 2.38. The van der Waals surface area contributed by atoms with E-state index in [-0.39, 0.29) is 4.87 Å². The number of rotatable bonds is 2. The number of hydrogen-bond donors (Lipinski definition) is 0. The van der Waals surface area contributed by atoms with Crippen LogP contribution in [-0.2, 0) is 0 Å². The quantitative estimate of drug-likeness (QED) is 0.489. The van der Waals surface area contributed by atoms with Crippen LogP contribution in [0.15, 0.2) is 0 Å². The molecule has 0 atom stereocenters. The summed E-state index contributed by atoms with van der Waals surface area (Å²) in [5.74, 6) is 0. The maximum absolute atomic E-state index is 5.94. The van der Waals surface area contributed by atoms with Crippen LogP contribution < -0.4 is 0 Å². The van der Waals surface area contributed by atoms with Crippen LogP contribution in [0.5, 0.6) is 0 Å². The van der Waals surface area contributed by atoms with Gasteiger partial charge >= 0.3 is 0 Å². The zero-order valence-electron chi connectivity index (χ0n) is 4.71. The van der Waals surface area contributed by atoms with Crippen LogP contribution in [0.2, 0.25) is 0 Å². The molecule has 0 heterocycles. The fraction of sp³-hybridized carbons (Fsp3) is 1.00. The normalized spacial score (nSPS) is 24.9. The first-order valence-electron chi connectivity index (χ1n) is 2.96. The van der Waals surface area contributed by atoms with Gasteiger partial charge < -0.3 is 0 Å². The highest BCUT2D eigenvalue weighted by Crippen LogP contribution is 2.46. The number of hydrogen-bond acceptors (Lipinski definition) is 0. The van der Waals surface area contributed by atoms with E-state index in [1.807, 2.05) is 0 Å². The molecular formula is C6H11Cl. The molecule has 1 saturated carbocycles. The van der Waals surface area contributed by atoms with Gasteiger partial charge in [-0.05, 0) is 19.3 Å². The van der Waals surface area contributed by atoms with E-state index in [1.165, 1.54) is 25.7 Å². The van der Waals surface area contributed by atoms with Gasteiger partial charge in [0.1, 0.15) is 0 Å². The Bertz CT molecular complexity index is 64.6. The molecule has 0 amide bonds. The summed E-state index contributed by atoms with van der Waals surface area (Å²) in [5, 5.41) is 0. The summed E-state index contributed by atoms with van der Waals surface area (Å²) >= 11 is 5.94. The summed E-state index contributed by atoms with van der Waals surface area (Å²) in [4.78, 5) is 0.273. The molecule has 1 aliphatic carbocycles. The maximum Gasteiger partial charge on any atom is 0.0448 e. The molecule has 0 N–H and O–H groups in total. The molecule has 1 rings (SSSR count). The zero-order valence-corrected chi connectivity index (χ0v) is 5.46. The molecule has 0 aliphatic heterocycles. The molecule has 0 radical (unpaired) electrons. The second-order valence-electron chi connectivity index (χ2n) is 2.40. The van der Waals surface area contributed by atoms with Crippen molar-refractivity contribution in [3.05, 3.63) is 0 Å². The lowest BCUT2D eigenvalue weighted by Gasteiger charge is -1.98. The molecule has 1 heteroatoms. The molecule has 0 saturated heterocycles. The first-order chi connectivity index (χ1) is 3.27. The molecule has 7 heavy (non-hydrogen) atoms. The number of alkyl halides is 1. The van der Waals surface area contributed by atoms with Crippen LogP contribution >= 0.6 is 11.6 Å². The Morgan fingerprint density at radius 2 is 2.14 bits per heavy atom. The molecule has 0 spiro atoms. The molecule has 1 fully saturated rings. The predicted octanol–water partition coefficient (Wildman–Crippen LogP) is 2.56. The molecule has 1 aliphatic rings. The van der Waals surface area contributed by atoms with Crippen molar-refractivity contribution < 1.29 is 0 Å².